The predicted molar refractivity (Wildman–Crippen MR) is 127 cm³/mol. The van der Waals surface area contributed by atoms with E-state index in [1.54, 1.807) is 0 Å². The summed E-state index contributed by atoms with van der Waals surface area (Å²) in [6.45, 7) is 0. The minimum Gasteiger partial charge on any atom is -0.0622 e. The molecule has 0 saturated carbocycles. The molecule has 0 radical (unpaired) electrons. The molecule has 4 aromatic carbocycles. The van der Waals surface area contributed by atoms with Crippen LogP contribution in [0.2, 0.25) is 0 Å². The van der Waals surface area contributed by atoms with Crippen LogP contribution in [0.15, 0.2) is 121 Å². The van der Waals surface area contributed by atoms with Gasteiger partial charge in [-0.3, -0.25) is 0 Å². The van der Waals surface area contributed by atoms with Crippen molar-refractivity contribution in [2.75, 3.05) is 0 Å². The zero-order valence-corrected chi connectivity index (χ0v) is 20.4. The van der Waals surface area contributed by atoms with Crippen LogP contribution in [0.5, 0.6) is 0 Å². The molecule has 4 rings (SSSR count). The molecular formula is C25H22Cl2IP. The van der Waals surface area contributed by atoms with Gasteiger partial charge in [0.25, 0.3) is 0 Å². The van der Waals surface area contributed by atoms with E-state index in [9.17, 15) is 0 Å². The minimum atomic E-state index is -1.78. The fraction of sp³-hybridized carbons (Fsp3) is 0.0400. The topological polar surface area (TPSA) is 0 Å². The van der Waals surface area contributed by atoms with Gasteiger partial charge in [-0.05, 0) is 42.0 Å². The summed E-state index contributed by atoms with van der Waals surface area (Å²) in [7, 11) is 7.97. The summed E-state index contributed by atoms with van der Waals surface area (Å²) in [5.41, 5.74) is 1.39. The van der Waals surface area contributed by atoms with Crippen LogP contribution in [0.3, 0.4) is 0 Å². The normalized spacial score (nSPS) is 10.8. The van der Waals surface area contributed by atoms with E-state index in [0.29, 0.717) is 0 Å². The molecule has 0 aliphatic heterocycles. The molecule has 0 unspecified atom stereocenters. The van der Waals surface area contributed by atoms with E-state index < -0.39 is 26.2 Å². The maximum atomic E-state index is 4.87. The smallest absolute Gasteiger partial charge is 0.0622 e. The largest absolute Gasteiger partial charge is 0.116 e. The van der Waals surface area contributed by atoms with E-state index in [0.717, 1.165) is 6.16 Å². The van der Waals surface area contributed by atoms with Crippen LogP contribution in [0.25, 0.3) is 0 Å². The van der Waals surface area contributed by atoms with Crippen LogP contribution in [-0.2, 0) is 6.16 Å². The Labute approximate surface area is 191 Å². The molecule has 0 amide bonds. The van der Waals surface area contributed by atoms with Gasteiger partial charge in [-0.25, -0.2) is 0 Å². The molecule has 0 heterocycles. The summed E-state index contributed by atoms with van der Waals surface area (Å²) in [4.78, 5) is 0. The van der Waals surface area contributed by atoms with E-state index in [1.807, 2.05) is 0 Å². The van der Waals surface area contributed by atoms with Gasteiger partial charge in [-0.1, -0.05) is 84.9 Å². The molecule has 0 nitrogen and oxygen atoms in total. The first-order valence-electron chi connectivity index (χ1n) is 9.27. The second-order valence-corrected chi connectivity index (χ2v) is 13.2. The Kier molecular flexibility index (Phi) is 9.01. The number of hydrogen-bond donors (Lipinski definition) is 0. The first kappa shape index (κ1) is 22.3. The fourth-order valence-electron chi connectivity index (χ4n) is 3.63. The van der Waals surface area contributed by atoms with Crippen molar-refractivity contribution in [3.8, 4) is 0 Å². The van der Waals surface area contributed by atoms with Gasteiger partial charge in [-0.2, -0.15) is 0 Å². The van der Waals surface area contributed by atoms with E-state index in [-0.39, 0.29) is 0 Å². The molecule has 0 N–H and O–H groups in total. The molecule has 4 aromatic rings. The van der Waals surface area contributed by atoms with Crippen molar-refractivity contribution in [2.45, 2.75) is 6.16 Å². The third-order valence-corrected chi connectivity index (χ3v) is 9.23. The average molecular weight is 551 g/mol. The SMILES string of the molecule is Cl[I-]Cl.c1ccc(C[P+](c2ccccc2)(c2ccccc2)c2ccccc2)cc1. The Morgan fingerprint density at radius 2 is 0.759 bits per heavy atom. The number of halogens is 3. The molecule has 148 valence electrons. The monoisotopic (exact) mass is 550 g/mol. The van der Waals surface area contributed by atoms with Gasteiger partial charge in [0.05, 0.1) is 6.16 Å². The van der Waals surface area contributed by atoms with Crippen molar-refractivity contribution >= 4 is 41.0 Å². The number of rotatable bonds is 5. The fourth-order valence-corrected chi connectivity index (χ4v) is 7.87. The zero-order valence-electron chi connectivity index (χ0n) is 15.8. The molecule has 0 atom stereocenters. The van der Waals surface area contributed by atoms with Gasteiger partial charge >= 0.3 is 36.8 Å². The van der Waals surface area contributed by atoms with E-state index in [2.05, 4.69) is 121 Å². The molecule has 0 aromatic heterocycles. The summed E-state index contributed by atoms with van der Waals surface area (Å²) in [6.07, 6.45) is 1.03. The summed E-state index contributed by atoms with van der Waals surface area (Å²) >= 11 is -0.466. The van der Waals surface area contributed by atoms with E-state index in [4.69, 9.17) is 17.8 Å². The molecule has 0 fully saturated rings. The van der Waals surface area contributed by atoms with Crippen LogP contribution < -0.4 is 34.9 Å². The van der Waals surface area contributed by atoms with E-state index >= 15 is 0 Å². The predicted octanol–water partition coefficient (Wildman–Crippen LogP) is 3.56. The molecular weight excluding hydrogens is 529 g/mol. The molecule has 4 heteroatoms. The van der Waals surface area contributed by atoms with Crippen molar-refractivity contribution < 1.29 is 18.9 Å². The Morgan fingerprint density at radius 1 is 0.483 bits per heavy atom. The van der Waals surface area contributed by atoms with E-state index in [1.165, 1.54) is 21.5 Å². The van der Waals surface area contributed by atoms with Gasteiger partial charge < -0.3 is 0 Å². The second kappa shape index (κ2) is 11.7. The summed E-state index contributed by atoms with van der Waals surface area (Å²) in [5.74, 6) is 0. The van der Waals surface area contributed by atoms with Crippen LogP contribution in [0.1, 0.15) is 5.56 Å². The maximum Gasteiger partial charge on any atom is 0.116 e. The Morgan fingerprint density at radius 3 is 1.07 bits per heavy atom. The molecule has 0 bridgehead atoms. The van der Waals surface area contributed by atoms with Crippen molar-refractivity contribution in [1.29, 1.82) is 0 Å². The Hall–Kier alpha value is -1.38. The average Bonchev–Trinajstić information content (AvgIpc) is 2.80. The van der Waals surface area contributed by atoms with Gasteiger partial charge in [0.15, 0.2) is 0 Å². The third-order valence-electron chi connectivity index (χ3n) is 4.85. The van der Waals surface area contributed by atoms with Crippen LogP contribution in [-0.4, -0.2) is 0 Å². The summed E-state index contributed by atoms with van der Waals surface area (Å²) in [5, 5.41) is 4.30. The molecule has 29 heavy (non-hydrogen) atoms. The first-order chi connectivity index (χ1) is 14.3. The molecule has 0 spiro atoms. The van der Waals surface area contributed by atoms with Gasteiger partial charge in [0.2, 0.25) is 0 Å². The maximum absolute atomic E-state index is 4.87. The van der Waals surface area contributed by atoms with Gasteiger partial charge in [0.1, 0.15) is 23.2 Å². The third kappa shape index (κ3) is 5.61. The van der Waals surface area contributed by atoms with Crippen LogP contribution in [0, 0.1) is 0 Å². The van der Waals surface area contributed by atoms with Gasteiger partial charge in [-0.15, -0.1) is 0 Å². The van der Waals surface area contributed by atoms with Crippen LogP contribution >= 0.6 is 25.1 Å². The minimum absolute atomic E-state index is 0.466. The van der Waals surface area contributed by atoms with Crippen molar-refractivity contribution in [2.24, 2.45) is 0 Å². The zero-order chi connectivity index (χ0) is 20.4. The number of hydrogen-bond acceptors (Lipinski definition) is 0. The molecule has 0 aliphatic rings. The first-order valence-corrected chi connectivity index (χ1v) is 16.7. The van der Waals surface area contributed by atoms with Crippen molar-refractivity contribution in [3.05, 3.63) is 127 Å². The quantitative estimate of drug-likeness (QED) is 0.263. The number of benzene rings is 4. The standard InChI is InChI=1S/C25H22P.Cl2I/c1-5-13-22(14-6-1)21-26(23-15-7-2-8-16-23,24-17-9-3-10-18-24)25-19-11-4-12-20-25;1-3-2/h1-20H,21H2;/q+1;-1. The van der Waals surface area contributed by atoms with Crippen LogP contribution in [0.4, 0.5) is 0 Å². The summed E-state index contributed by atoms with van der Waals surface area (Å²) in [6, 6.07) is 44.0. The Balaban J connectivity index is 0.000000755. The Bertz CT molecular complexity index is 868. The van der Waals surface area contributed by atoms with Crippen molar-refractivity contribution in [3.63, 3.8) is 0 Å². The van der Waals surface area contributed by atoms with Crippen molar-refractivity contribution in [1.82, 2.24) is 0 Å². The molecule has 0 saturated heterocycles. The summed E-state index contributed by atoms with van der Waals surface area (Å²) < 4.78 is 0. The van der Waals surface area contributed by atoms with Gasteiger partial charge in [0, 0.05) is 0 Å². The molecule has 0 aliphatic carbocycles. The second-order valence-electron chi connectivity index (χ2n) is 6.51.